The molecule has 3 atom stereocenters. The second-order valence-electron chi connectivity index (χ2n) is 13.2. The summed E-state index contributed by atoms with van der Waals surface area (Å²) < 4.78 is 11.6. The molecule has 4 amide bonds. The Hall–Kier alpha value is -5.64. The minimum atomic E-state index is -1.30. The first-order chi connectivity index (χ1) is 24.8. The molecule has 264 valence electrons. The molecule has 2 aliphatic heterocycles. The van der Waals surface area contributed by atoms with Crippen molar-refractivity contribution in [2.45, 2.75) is 64.3 Å². The molecule has 0 spiro atoms. The van der Waals surface area contributed by atoms with Crippen molar-refractivity contribution in [3.8, 4) is 5.75 Å². The molecule has 51 heavy (non-hydrogen) atoms. The number of fused-ring (bicyclic) bond motifs is 6. The first-order valence-electron chi connectivity index (χ1n) is 17.5. The summed E-state index contributed by atoms with van der Waals surface area (Å²) in [5, 5.41) is 8.50. The third kappa shape index (κ3) is 9.54. The van der Waals surface area contributed by atoms with Crippen molar-refractivity contribution in [2.24, 2.45) is 5.92 Å². The summed E-state index contributed by atoms with van der Waals surface area (Å²) in [6.07, 6.45) is 1.12. The van der Waals surface area contributed by atoms with Crippen molar-refractivity contribution in [3.05, 3.63) is 131 Å². The van der Waals surface area contributed by atoms with Crippen LogP contribution in [0.3, 0.4) is 0 Å². The molecule has 2 heterocycles. The van der Waals surface area contributed by atoms with E-state index in [-0.39, 0.29) is 37.3 Å². The molecule has 4 bridgehead atoms. The Kier molecular flexibility index (Phi) is 11.6. The Morgan fingerprint density at radius 2 is 1.59 bits per heavy atom. The molecule has 0 aromatic heterocycles. The molecule has 4 aromatic carbocycles. The number of amides is 4. The maximum atomic E-state index is 14.1. The number of benzene rings is 4. The van der Waals surface area contributed by atoms with Crippen LogP contribution in [-0.2, 0) is 45.1 Å². The van der Waals surface area contributed by atoms with E-state index in [4.69, 9.17) is 9.47 Å². The van der Waals surface area contributed by atoms with E-state index in [1.807, 2.05) is 110 Å². The first-order valence-corrected chi connectivity index (χ1v) is 17.5. The smallest absolute Gasteiger partial charge is 0.408 e. The van der Waals surface area contributed by atoms with Crippen molar-refractivity contribution in [1.29, 1.82) is 0 Å². The fourth-order valence-electron chi connectivity index (χ4n) is 6.58. The van der Waals surface area contributed by atoms with E-state index in [9.17, 15) is 19.2 Å². The molecule has 10 nitrogen and oxygen atoms in total. The average molecular weight is 689 g/mol. The van der Waals surface area contributed by atoms with Gasteiger partial charge < -0.3 is 30.3 Å². The van der Waals surface area contributed by atoms with Gasteiger partial charge in [0.25, 0.3) is 0 Å². The average Bonchev–Trinajstić information content (AvgIpc) is 3.15. The number of rotatable bonds is 6. The molecule has 2 aliphatic rings. The first kappa shape index (κ1) is 35.2. The summed E-state index contributed by atoms with van der Waals surface area (Å²) in [7, 11) is 0. The van der Waals surface area contributed by atoms with Gasteiger partial charge in [-0.15, -0.1) is 0 Å². The monoisotopic (exact) mass is 688 g/mol. The zero-order valence-corrected chi connectivity index (χ0v) is 28.8. The molecule has 1 unspecified atom stereocenters. The molecule has 0 saturated carbocycles. The number of carbonyl (C=O) groups is 4. The SMILES string of the molecule is Cc1ccc2cc1CNC(=O)[C@H](CCc1ccccc1)NC(=O)[C@@H](NC(=O)OCc1ccccc1)CC(=O)N1CC(CCO2)Cc2ccccc21. The lowest BCUT2D eigenvalue weighted by molar-refractivity contribution is -0.131. The number of hydrogen-bond acceptors (Lipinski definition) is 6. The van der Waals surface area contributed by atoms with Gasteiger partial charge in [0, 0.05) is 18.8 Å². The second kappa shape index (κ2) is 16.8. The molecule has 0 fully saturated rings. The van der Waals surface area contributed by atoms with Crippen LogP contribution >= 0.6 is 0 Å². The number of alkyl carbamates (subject to hydrolysis) is 1. The molecule has 0 saturated heterocycles. The Balaban J connectivity index is 1.29. The zero-order valence-electron chi connectivity index (χ0n) is 28.8. The highest BCUT2D eigenvalue weighted by Crippen LogP contribution is 2.32. The summed E-state index contributed by atoms with van der Waals surface area (Å²) >= 11 is 0. The van der Waals surface area contributed by atoms with Crippen LogP contribution < -0.4 is 25.6 Å². The van der Waals surface area contributed by atoms with Gasteiger partial charge in [0.2, 0.25) is 17.7 Å². The van der Waals surface area contributed by atoms with Crippen LogP contribution in [-0.4, -0.2) is 49.1 Å². The number of anilines is 1. The Morgan fingerprint density at radius 1 is 0.863 bits per heavy atom. The molecule has 4 aromatic rings. The Labute approximate surface area is 298 Å². The molecule has 10 heteroatoms. The van der Waals surface area contributed by atoms with Gasteiger partial charge in [0.1, 0.15) is 24.4 Å². The molecule has 0 radical (unpaired) electrons. The summed E-state index contributed by atoms with van der Waals surface area (Å²) in [6.45, 7) is 3.09. The van der Waals surface area contributed by atoms with Gasteiger partial charge in [-0.2, -0.15) is 0 Å². The van der Waals surface area contributed by atoms with Crippen molar-refractivity contribution in [1.82, 2.24) is 16.0 Å². The highest BCUT2D eigenvalue weighted by Gasteiger charge is 2.34. The zero-order chi connectivity index (χ0) is 35.6. The van der Waals surface area contributed by atoms with Gasteiger partial charge in [0.15, 0.2) is 0 Å². The Morgan fingerprint density at radius 3 is 2.37 bits per heavy atom. The number of para-hydroxylation sites is 1. The topological polar surface area (TPSA) is 126 Å². The van der Waals surface area contributed by atoms with Crippen LogP contribution in [0.25, 0.3) is 0 Å². The van der Waals surface area contributed by atoms with Gasteiger partial charge >= 0.3 is 6.09 Å². The van der Waals surface area contributed by atoms with Crippen molar-refractivity contribution in [2.75, 3.05) is 18.1 Å². The van der Waals surface area contributed by atoms with Gasteiger partial charge in [-0.25, -0.2) is 4.79 Å². The third-order valence-corrected chi connectivity index (χ3v) is 9.50. The van der Waals surface area contributed by atoms with Gasteiger partial charge in [-0.3, -0.25) is 14.4 Å². The quantitative estimate of drug-likeness (QED) is 0.249. The molecular formula is C41H44N4O6. The molecule has 3 N–H and O–H groups in total. The lowest BCUT2D eigenvalue weighted by Crippen LogP contribution is -2.55. The van der Waals surface area contributed by atoms with E-state index in [1.165, 1.54) is 0 Å². The highest BCUT2D eigenvalue weighted by molar-refractivity contribution is 6.00. The summed E-state index contributed by atoms with van der Waals surface area (Å²) in [4.78, 5) is 56.8. The fraction of sp³-hybridized carbons (Fsp3) is 0.317. The molecule has 0 aliphatic carbocycles. The summed E-state index contributed by atoms with van der Waals surface area (Å²) in [5.74, 6) is -0.535. The van der Waals surface area contributed by atoms with Crippen molar-refractivity contribution in [3.63, 3.8) is 0 Å². The number of hydrogen-bond donors (Lipinski definition) is 3. The largest absolute Gasteiger partial charge is 0.494 e. The van der Waals surface area contributed by atoms with E-state index in [0.29, 0.717) is 38.2 Å². The van der Waals surface area contributed by atoms with Gasteiger partial charge in [-0.05, 0) is 84.5 Å². The van der Waals surface area contributed by atoms with Crippen LogP contribution in [0.1, 0.15) is 47.1 Å². The number of nitrogens with one attached hydrogen (secondary N) is 3. The summed E-state index contributed by atoms with van der Waals surface area (Å²) in [5.41, 5.74) is 5.49. The summed E-state index contributed by atoms with van der Waals surface area (Å²) in [6, 6.07) is 30.2. The lowest BCUT2D eigenvalue weighted by atomic mass is 9.90. The van der Waals surface area contributed by atoms with Crippen molar-refractivity contribution < 1.29 is 28.7 Å². The van der Waals surface area contributed by atoms with E-state index < -0.39 is 24.1 Å². The van der Waals surface area contributed by atoms with E-state index >= 15 is 0 Å². The fourth-order valence-corrected chi connectivity index (χ4v) is 6.58. The van der Waals surface area contributed by atoms with Gasteiger partial charge in [-0.1, -0.05) is 84.9 Å². The maximum Gasteiger partial charge on any atom is 0.408 e. The number of nitrogens with zero attached hydrogens (tertiary/aromatic N) is 1. The standard InChI is InChI=1S/C41H44N4O6/c1-28-16-18-34-23-33(28)25-42-39(47)35(19-17-29-10-4-2-5-11-29)43-40(48)36(44-41(49)51-27-30-12-6-3-7-13-30)24-38(46)45-26-31(20-21-50-34)22-32-14-8-9-15-37(32)45/h2-16,18,23,31,35-36H,17,19-22,24-27H2,1H3,(H,42,47)(H,43,48)(H,44,49)/t31?,35-,36-/m0/s1. The molecular weight excluding hydrogens is 644 g/mol. The van der Waals surface area contributed by atoms with Crippen molar-refractivity contribution >= 4 is 29.5 Å². The minimum absolute atomic E-state index is 0.0130. The van der Waals surface area contributed by atoms with E-state index in [1.54, 1.807) is 4.90 Å². The number of aryl methyl sites for hydroxylation is 2. The van der Waals surface area contributed by atoms with Crippen LogP contribution in [0, 0.1) is 12.8 Å². The normalized spacial score (nSPS) is 19.7. The molecule has 6 rings (SSSR count). The highest BCUT2D eigenvalue weighted by atomic mass is 16.5. The van der Waals surface area contributed by atoms with E-state index in [2.05, 4.69) is 16.0 Å². The predicted octanol–water partition coefficient (Wildman–Crippen LogP) is 5.40. The van der Waals surface area contributed by atoms with Crippen LogP contribution in [0.2, 0.25) is 0 Å². The lowest BCUT2D eigenvalue weighted by Gasteiger charge is -2.35. The van der Waals surface area contributed by atoms with Crippen LogP contribution in [0.4, 0.5) is 10.5 Å². The predicted molar refractivity (Wildman–Crippen MR) is 194 cm³/mol. The van der Waals surface area contributed by atoms with Crippen LogP contribution in [0.5, 0.6) is 5.75 Å². The maximum absolute atomic E-state index is 14.1. The number of ether oxygens (including phenoxy) is 2. The second-order valence-corrected chi connectivity index (χ2v) is 13.2. The van der Waals surface area contributed by atoms with Gasteiger partial charge in [0.05, 0.1) is 13.0 Å². The van der Waals surface area contributed by atoms with Crippen LogP contribution in [0.15, 0.2) is 103 Å². The van der Waals surface area contributed by atoms with E-state index in [0.717, 1.165) is 39.9 Å². The third-order valence-electron chi connectivity index (χ3n) is 9.50. The number of carbonyl (C=O) groups excluding carboxylic acids is 4. The Bertz CT molecular complexity index is 1830. The minimum Gasteiger partial charge on any atom is -0.494 e.